The van der Waals surface area contributed by atoms with E-state index in [2.05, 4.69) is 6.92 Å². The van der Waals surface area contributed by atoms with Gasteiger partial charge in [0.25, 0.3) is 0 Å². The normalized spacial score (nSPS) is 10.2. The van der Waals surface area contributed by atoms with Crippen LogP contribution in [0.25, 0.3) is 0 Å². The van der Waals surface area contributed by atoms with E-state index in [0.29, 0.717) is 5.75 Å². The summed E-state index contributed by atoms with van der Waals surface area (Å²) < 4.78 is 0. The van der Waals surface area contributed by atoms with E-state index in [0.717, 1.165) is 17.1 Å². The molecule has 0 aliphatic carbocycles. The second-order valence-corrected chi connectivity index (χ2v) is 4.03. The molecule has 0 spiro atoms. The van der Waals surface area contributed by atoms with Gasteiger partial charge in [-0.2, -0.15) is 11.8 Å². The zero-order valence-electron chi connectivity index (χ0n) is 7.50. The molecule has 0 aliphatic heterocycles. The van der Waals surface area contributed by atoms with Gasteiger partial charge >= 0.3 is 0 Å². The average Bonchev–Trinajstić information content (AvgIpc) is 2.07. The molecule has 0 fully saturated rings. The summed E-state index contributed by atoms with van der Waals surface area (Å²) in [6, 6.07) is 5.78. The Labute approximate surface area is 77.8 Å². The summed E-state index contributed by atoms with van der Waals surface area (Å²) in [5, 5.41) is 9.26. The monoisotopic (exact) mass is 182 g/mol. The van der Waals surface area contributed by atoms with Crippen LogP contribution in [0.5, 0.6) is 5.75 Å². The second kappa shape index (κ2) is 4.41. The largest absolute Gasteiger partial charge is 0.508 e. The zero-order chi connectivity index (χ0) is 8.97. The Hall–Kier alpha value is -0.630. The van der Waals surface area contributed by atoms with Gasteiger partial charge in [-0.05, 0) is 29.9 Å². The third kappa shape index (κ3) is 2.45. The highest BCUT2D eigenvalue weighted by molar-refractivity contribution is 7.98. The van der Waals surface area contributed by atoms with Crippen LogP contribution in [-0.4, -0.2) is 10.9 Å². The first-order chi connectivity index (χ1) is 5.74. The maximum atomic E-state index is 9.26. The fraction of sp³-hybridized carbons (Fsp3) is 0.400. The molecule has 0 saturated heterocycles. The Kier molecular flexibility index (Phi) is 3.48. The highest BCUT2D eigenvalue weighted by Gasteiger charge is 1.97. The van der Waals surface area contributed by atoms with E-state index in [9.17, 15) is 5.11 Å². The first kappa shape index (κ1) is 9.46. The van der Waals surface area contributed by atoms with Crippen molar-refractivity contribution in [2.24, 2.45) is 0 Å². The highest BCUT2D eigenvalue weighted by Crippen LogP contribution is 2.19. The molecule has 1 rings (SSSR count). The number of hydrogen-bond donors (Lipinski definition) is 1. The summed E-state index contributed by atoms with van der Waals surface area (Å²) >= 11 is 1.89. The smallest absolute Gasteiger partial charge is 0.118 e. The summed E-state index contributed by atoms with van der Waals surface area (Å²) in [6.45, 7) is 4.08. The quantitative estimate of drug-likeness (QED) is 0.775. The molecule has 1 nitrogen and oxygen atoms in total. The van der Waals surface area contributed by atoms with Crippen LogP contribution in [0.4, 0.5) is 0 Å². The van der Waals surface area contributed by atoms with Crippen molar-refractivity contribution in [1.29, 1.82) is 0 Å². The Morgan fingerprint density at radius 3 is 2.75 bits per heavy atom. The Morgan fingerprint density at radius 2 is 2.17 bits per heavy atom. The average molecular weight is 182 g/mol. The fourth-order valence-corrected chi connectivity index (χ4v) is 1.65. The van der Waals surface area contributed by atoms with Crippen LogP contribution in [0.1, 0.15) is 18.1 Å². The summed E-state index contributed by atoms with van der Waals surface area (Å²) in [5.74, 6) is 2.57. The molecule has 0 unspecified atom stereocenters. The Morgan fingerprint density at radius 1 is 1.42 bits per heavy atom. The molecule has 1 aromatic carbocycles. The SMILES string of the molecule is CCSCc1ccc(O)c(C)c1. The molecular formula is C10H14OS. The van der Waals surface area contributed by atoms with Gasteiger partial charge in [-0.1, -0.05) is 19.1 Å². The number of hydrogen-bond acceptors (Lipinski definition) is 2. The van der Waals surface area contributed by atoms with Gasteiger partial charge in [0.2, 0.25) is 0 Å². The van der Waals surface area contributed by atoms with Crippen LogP contribution in [0, 0.1) is 6.92 Å². The predicted molar refractivity (Wildman–Crippen MR) is 54.7 cm³/mol. The molecule has 0 heterocycles. The van der Waals surface area contributed by atoms with Crippen molar-refractivity contribution >= 4 is 11.8 Å². The molecule has 0 radical (unpaired) electrons. The van der Waals surface area contributed by atoms with Crippen LogP contribution in [0.3, 0.4) is 0 Å². The van der Waals surface area contributed by atoms with E-state index < -0.39 is 0 Å². The number of aryl methyl sites for hydroxylation is 1. The summed E-state index contributed by atoms with van der Waals surface area (Å²) in [7, 11) is 0. The zero-order valence-corrected chi connectivity index (χ0v) is 8.32. The summed E-state index contributed by atoms with van der Waals surface area (Å²) in [5.41, 5.74) is 2.25. The number of thioether (sulfide) groups is 1. The standard InChI is InChI=1S/C10H14OS/c1-3-12-7-9-4-5-10(11)8(2)6-9/h4-6,11H,3,7H2,1-2H3. The third-order valence-electron chi connectivity index (χ3n) is 1.73. The van der Waals surface area contributed by atoms with Crippen molar-refractivity contribution in [2.45, 2.75) is 19.6 Å². The van der Waals surface area contributed by atoms with Crippen molar-refractivity contribution in [1.82, 2.24) is 0 Å². The molecule has 2 heteroatoms. The molecule has 0 aliphatic rings. The lowest BCUT2D eigenvalue weighted by molar-refractivity contribution is 0.471. The molecule has 0 amide bonds. The van der Waals surface area contributed by atoms with Crippen molar-refractivity contribution in [3.8, 4) is 5.75 Å². The lowest BCUT2D eigenvalue weighted by atomic mass is 10.1. The summed E-state index contributed by atoms with van der Waals surface area (Å²) in [4.78, 5) is 0. The molecule has 0 atom stereocenters. The summed E-state index contributed by atoms with van der Waals surface area (Å²) in [6.07, 6.45) is 0. The molecule has 0 bridgehead atoms. The van der Waals surface area contributed by atoms with Gasteiger partial charge in [0.05, 0.1) is 0 Å². The first-order valence-corrected chi connectivity index (χ1v) is 5.25. The van der Waals surface area contributed by atoms with Crippen LogP contribution in [0.2, 0.25) is 0 Å². The van der Waals surface area contributed by atoms with Gasteiger partial charge in [-0.25, -0.2) is 0 Å². The number of aromatic hydroxyl groups is 1. The number of benzene rings is 1. The van der Waals surface area contributed by atoms with Crippen molar-refractivity contribution in [3.63, 3.8) is 0 Å². The molecule has 0 saturated carbocycles. The van der Waals surface area contributed by atoms with Crippen LogP contribution < -0.4 is 0 Å². The van der Waals surface area contributed by atoms with Gasteiger partial charge in [0.1, 0.15) is 5.75 Å². The molecule has 1 N–H and O–H groups in total. The van der Waals surface area contributed by atoms with Crippen molar-refractivity contribution in [3.05, 3.63) is 29.3 Å². The Bertz CT molecular complexity index is 258. The van der Waals surface area contributed by atoms with E-state index in [1.807, 2.05) is 30.8 Å². The topological polar surface area (TPSA) is 20.2 Å². The molecule has 1 aromatic rings. The van der Waals surface area contributed by atoms with Crippen molar-refractivity contribution in [2.75, 3.05) is 5.75 Å². The fourth-order valence-electron chi connectivity index (χ4n) is 1.03. The van der Waals surface area contributed by atoms with Crippen molar-refractivity contribution < 1.29 is 5.11 Å². The maximum absolute atomic E-state index is 9.26. The van der Waals surface area contributed by atoms with Crippen LogP contribution in [0.15, 0.2) is 18.2 Å². The minimum absolute atomic E-state index is 0.389. The second-order valence-electron chi connectivity index (χ2n) is 2.76. The minimum atomic E-state index is 0.389. The van der Waals surface area contributed by atoms with Gasteiger partial charge in [-0.15, -0.1) is 0 Å². The third-order valence-corrected chi connectivity index (χ3v) is 2.68. The number of phenolic OH excluding ortho intramolecular Hbond substituents is 1. The number of phenols is 1. The molecular weight excluding hydrogens is 168 g/mol. The van der Waals surface area contributed by atoms with E-state index >= 15 is 0 Å². The van der Waals surface area contributed by atoms with E-state index in [-0.39, 0.29) is 0 Å². The lowest BCUT2D eigenvalue weighted by Gasteiger charge is -2.02. The van der Waals surface area contributed by atoms with Gasteiger partial charge in [0.15, 0.2) is 0 Å². The lowest BCUT2D eigenvalue weighted by Crippen LogP contribution is -1.82. The molecule has 66 valence electrons. The van der Waals surface area contributed by atoms with Crippen LogP contribution >= 0.6 is 11.8 Å². The first-order valence-electron chi connectivity index (χ1n) is 4.10. The maximum Gasteiger partial charge on any atom is 0.118 e. The minimum Gasteiger partial charge on any atom is -0.508 e. The molecule has 0 aromatic heterocycles. The highest BCUT2D eigenvalue weighted by atomic mass is 32.2. The number of rotatable bonds is 3. The predicted octanol–water partition coefficient (Wildman–Crippen LogP) is 2.95. The van der Waals surface area contributed by atoms with E-state index in [1.54, 1.807) is 6.07 Å². The van der Waals surface area contributed by atoms with Gasteiger partial charge in [0, 0.05) is 5.75 Å². The van der Waals surface area contributed by atoms with E-state index in [1.165, 1.54) is 5.56 Å². The van der Waals surface area contributed by atoms with Gasteiger partial charge < -0.3 is 5.11 Å². The Balaban J connectivity index is 2.69. The van der Waals surface area contributed by atoms with Gasteiger partial charge in [-0.3, -0.25) is 0 Å². The van der Waals surface area contributed by atoms with E-state index in [4.69, 9.17) is 0 Å². The van der Waals surface area contributed by atoms with Crippen LogP contribution in [-0.2, 0) is 5.75 Å². The molecule has 12 heavy (non-hydrogen) atoms.